The van der Waals surface area contributed by atoms with E-state index in [1.807, 2.05) is 18.2 Å². The van der Waals surface area contributed by atoms with Crippen molar-refractivity contribution >= 4 is 11.0 Å². The van der Waals surface area contributed by atoms with Crippen LogP contribution < -0.4 is 0 Å². The molecule has 0 bridgehead atoms. The first kappa shape index (κ1) is 18.2. The summed E-state index contributed by atoms with van der Waals surface area (Å²) in [6.45, 7) is 7.12. The zero-order valence-corrected chi connectivity index (χ0v) is 16.0. The lowest BCUT2D eigenvalue weighted by Crippen LogP contribution is -2.52. The Kier molecular flexibility index (Phi) is 5.58. The Labute approximate surface area is 161 Å². The van der Waals surface area contributed by atoms with E-state index < -0.39 is 0 Å². The molecule has 4 rings (SSSR count). The van der Waals surface area contributed by atoms with Gasteiger partial charge in [-0.3, -0.25) is 9.80 Å². The molecular weight excluding hydrogens is 336 g/mol. The van der Waals surface area contributed by atoms with Crippen LogP contribution in [0.5, 0.6) is 0 Å². The maximum Gasteiger partial charge on any atom is 0.134 e. The van der Waals surface area contributed by atoms with Crippen molar-refractivity contribution in [3.05, 3.63) is 71.5 Å². The van der Waals surface area contributed by atoms with Gasteiger partial charge in [0.2, 0.25) is 0 Å². The molecule has 0 aliphatic carbocycles. The minimum Gasteiger partial charge on any atom is -0.460 e. The molecule has 2 heterocycles. The van der Waals surface area contributed by atoms with Gasteiger partial charge in [-0.2, -0.15) is 0 Å². The zero-order chi connectivity index (χ0) is 18.6. The average Bonchev–Trinajstić information content (AvgIpc) is 3.08. The predicted molar refractivity (Wildman–Crippen MR) is 109 cm³/mol. The molecule has 0 spiro atoms. The van der Waals surface area contributed by atoms with Crippen molar-refractivity contribution in [2.45, 2.75) is 32.5 Å². The lowest BCUT2D eigenvalue weighted by molar-refractivity contribution is 0.0471. The van der Waals surface area contributed by atoms with Gasteiger partial charge in [0.1, 0.15) is 11.3 Å². The molecule has 1 N–H and O–H groups in total. The summed E-state index contributed by atoms with van der Waals surface area (Å²) in [5, 5.41) is 10.7. The molecule has 1 aromatic heterocycles. The van der Waals surface area contributed by atoms with Crippen LogP contribution in [-0.4, -0.2) is 47.2 Å². The van der Waals surface area contributed by atoms with Crippen LogP contribution >= 0.6 is 0 Å². The summed E-state index contributed by atoms with van der Waals surface area (Å²) in [6, 6.07) is 19.5. The standard InChI is InChI=1S/C23H28N2O2/c1-18-6-8-19(9-7-18)15-25-12-11-24(16-21(25)10-13-26)17-22-14-20-4-2-3-5-23(20)27-22/h2-9,14,21,26H,10-13,15-17H2,1H3/t21-/m1/s1. The second-order valence-electron chi connectivity index (χ2n) is 7.61. The third-order valence-electron chi connectivity index (χ3n) is 5.51. The molecule has 4 nitrogen and oxygen atoms in total. The van der Waals surface area contributed by atoms with Crippen molar-refractivity contribution in [1.82, 2.24) is 9.80 Å². The van der Waals surface area contributed by atoms with Gasteiger partial charge < -0.3 is 9.52 Å². The second-order valence-corrected chi connectivity index (χ2v) is 7.61. The number of nitrogens with zero attached hydrogens (tertiary/aromatic N) is 2. The first-order valence-corrected chi connectivity index (χ1v) is 9.81. The lowest BCUT2D eigenvalue weighted by atomic mass is 10.1. The lowest BCUT2D eigenvalue weighted by Gasteiger charge is -2.41. The van der Waals surface area contributed by atoms with Crippen LogP contribution in [-0.2, 0) is 13.1 Å². The summed E-state index contributed by atoms with van der Waals surface area (Å²) in [5.41, 5.74) is 3.59. The molecule has 3 aromatic rings. The monoisotopic (exact) mass is 364 g/mol. The molecule has 1 atom stereocenters. The number of hydrogen-bond donors (Lipinski definition) is 1. The number of rotatable bonds is 6. The van der Waals surface area contributed by atoms with Gasteiger partial charge in [-0.1, -0.05) is 48.0 Å². The minimum atomic E-state index is 0.230. The fourth-order valence-electron chi connectivity index (χ4n) is 4.00. The summed E-state index contributed by atoms with van der Waals surface area (Å²) in [6.07, 6.45) is 0.808. The van der Waals surface area contributed by atoms with Crippen LogP contribution in [0.25, 0.3) is 11.0 Å². The number of furan rings is 1. The van der Waals surface area contributed by atoms with E-state index in [1.54, 1.807) is 0 Å². The Hall–Kier alpha value is -2.14. The summed E-state index contributed by atoms with van der Waals surface area (Å²) in [7, 11) is 0. The Morgan fingerprint density at radius 2 is 1.85 bits per heavy atom. The number of aliphatic hydroxyl groups excluding tert-OH is 1. The number of aliphatic hydroxyl groups is 1. The third kappa shape index (κ3) is 4.41. The van der Waals surface area contributed by atoms with Crippen molar-refractivity contribution in [2.75, 3.05) is 26.2 Å². The Morgan fingerprint density at radius 3 is 2.63 bits per heavy atom. The summed E-state index contributed by atoms with van der Waals surface area (Å²) in [5.74, 6) is 1.02. The molecule has 142 valence electrons. The number of benzene rings is 2. The largest absolute Gasteiger partial charge is 0.460 e. The molecule has 0 unspecified atom stereocenters. The summed E-state index contributed by atoms with van der Waals surface area (Å²) < 4.78 is 6.00. The van der Waals surface area contributed by atoms with E-state index in [0.29, 0.717) is 6.04 Å². The molecule has 2 aromatic carbocycles. The van der Waals surface area contributed by atoms with Crippen molar-refractivity contribution in [3.8, 4) is 0 Å². The van der Waals surface area contributed by atoms with Gasteiger partial charge >= 0.3 is 0 Å². The number of hydrogen-bond acceptors (Lipinski definition) is 4. The molecule has 0 radical (unpaired) electrons. The van der Waals surface area contributed by atoms with Crippen molar-refractivity contribution < 1.29 is 9.52 Å². The highest BCUT2D eigenvalue weighted by Crippen LogP contribution is 2.22. The number of fused-ring (bicyclic) bond motifs is 1. The number of aryl methyl sites for hydroxylation is 1. The van der Waals surface area contributed by atoms with Crippen LogP contribution in [0, 0.1) is 6.92 Å². The summed E-state index contributed by atoms with van der Waals surface area (Å²) in [4.78, 5) is 4.96. The van der Waals surface area contributed by atoms with Crippen LogP contribution in [0.4, 0.5) is 0 Å². The van der Waals surface area contributed by atoms with E-state index >= 15 is 0 Å². The smallest absolute Gasteiger partial charge is 0.134 e. The topological polar surface area (TPSA) is 39.9 Å². The second kappa shape index (κ2) is 8.26. The van der Waals surface area contributed by atoms with Gasteiger partial charge in [0.05, 0.1) is 6.54 Å². The SMILES string of the molecule is Cc1ccc(CN2CCN(Cc3cc4ccccc4o3)C[C@H]2CCO)cc1. The quantitative estimate of drug-likeness (QED) is 0.722. The predicted octanol–water partition coefficient (Wildman–Crippen LogP) is 3.81. The van der Waals surface area contributed by atoms with Gasteiger partial charge in [-0.15, -0.1) is 0 Å². The molecule has 1 aliphatic heterocycles. The van der Waals surface area contributed by atoms with Crippen molar-refractivity contribution in [1.29, 1.82) is 0 Å². The fraction of sp³-hybridized carbons (Fsp3) is 0.391. The molecule has 1 aliphatic rings. The van der Waals surface area contributed by atoms with Crippen LogP contribution in [0.2, 0.25) is 0 Å². The van der Waals surface area contributed by atoms with E-state index in [2.05, 4.69) is 53.1 Å². The maximum atomic E-state index is 9.55. The Bertz CT molecular complexity index is 838. The van der Waals surface area contributed by atoms with E-state index in [4.69, 9.17) is 4.42 Å². The van der Waals surface area contributed by atoms with E-state index in [1.165, 1.54) is 11.1 Å². The summed E-state index contributed by atoms with van der Waals surface area (Å²) >= 11 is 0. The Balaban J connectivity index is 1.41. The van der Waals surface area contributed by atoms with E-state index in [0.717, 1.165) is 55.9 Å². The molecule has 1 fully saturated rings. The highest BCUT2D eigenvalue weighted by molar-refractivity contribution is 5.77. The van der Waals surface area contributed by atoms with E-state index in [-0.39, 0.29) is 6.61 Å². The van der Waals surface area contributed by atoms with Gasteiger partial charge in [-0.25, -0.2) is 0 Å². The fourth-order valence-corrected chi connectivity index (χ4v) is 4.00. The normalized spacial score (nSPS) is 19.0. The highest BCUT2D eigenvalue weighted by Gasteiger charge is 2.27. The van der Waals surface area contributed by atoms with Gasteiger partial charge in [0.15, 0.2) is 0 Å². The molecule has 4 heteroatoms. The maximum absolute atomic E-state index is 9.55. The van der Waals surface area contributed by atoms with Crippen molar-refractivity contribution in [3.63, 3.8) is 0 Å². The van der Waals surface area contributed by atoms with Gasteiger partial charge in [0.25, 0.3) is 0 Å². The average molecular weight is 364 g/mol. The first-order chi connectivity index (χ1) is 13.2. The van der Waals surface area contributed by atoms with Crippen LogP contribution in [0.15, 0.2) is 59.0 Å². The van der Waals surface area contributed by atoms with Gasteiger partial charge in [0, 0.05) is 44.2 Å². The van der Waals surface area contributed by atoms with Crippen LogP contribution in [0.1, 0.15) is 23.3 Å². The van der Waals surface area contributed by atoms with E-state index in [9.17, 15) is 5.11 Å². The molecular formula is C23H28N2O2. The molecule has 27 heavy (non-hydrogen) atoms. The molecule has 0 saturated carbocycles. The minimum absolute atomic E-state index is 0.230. The first-order valence-electron chi connectivity index (χ1n) is 9.81. The third-order valence-corrected chi connectivity index (χ3v) is 5.51. The Morgan fingerprint density at radius 1 is 1.04 bits per heavy atom. The number of piperazine rings is 1. The van der Waals surface area contributed by atoms with Crippen molar-refractivity contribution in [2.24, 2.45) is 0 Å². The highest BCUT2D eigenvalue weighted by atomic mass is 16.3. The number of para-hydroxylation sites is 1. The zero-order valence-electron chi connectivity index (χ0n) is 16.0. The molecule has 1 saturated heterocycles. The molecule has 0 amide bonds. The van der Waals surface area contributed by atoms with Gasteiger partial charge in [-0.05, 0) is 31.0 Å². The van der Waals surface area contributed by atoms with Crippen LogP contribution in [0.3, 0.4) is 0 Å².